The molecule has 1 aliphatic heterocycles. The van der Waals surface area contributed by atoms with E-state index in [-0.39, 0.29) is 36.0 Å². The number of aromatic nitrogens is 2. The van der Waals surface area contributed by atoms with Crippen LogP contribution in [0.4, 0.5) is 10.2 Å². The highest BCUT2D eigenvalue weighted by atomic mass is 19.1. The van der Waals surface area contributed by atoms with Crippen molar-refractivity contribution in [2.24, 2.45) is 5.92 Å². The van der Waals surface area contributed by atoms with E-state index in [2.05, 4.69) is 15.5 Å². The number of hydrogen-bond donors (Lipinski definition) is 2. The van der Waals surface area contributed by atoms with E-state index >= 15 is 0 Å². The Bertz CT molecular complexity index is 761. The Morgan fingerprint density at radius 3 is 3.17 bits per heavy atom. The van der Waals surface area contributed by atoms with Gasteiger partial charge < -0.3 is 10.1 Å². The Hall–Kier alpha value is -2.48. The average Bonchev–Trinajstić information content (AvgIpc) is 3.15. The lowest BCUT2D eigenvalue weighted by atomic mass is 10.1. The summed E-state index contributed by atoms with van der Waals surface area (Å²) in [5.74, 6) is -1.08. The van der Waals surface area contributed by atoms with Gasteiger partial charge >= 0.3 is 0 Å². The molecule has 0 radical (unpaired) electrons. The van der Waals surface area contributed by atoms with Gasteiger partial charge in [-0.2, -0.15) is 5.10 Å². The number of nitrogens with one attached hydrogen (secondary N) is 2. The molecule has 2 amide bonds. The average molecular weight is 334 g/mol. The van der Waals surface area contributed by atoms with Gasteiger partial charge in [-0.25, -0.2) is 4.39 Å². The van der Waals surface area contributed by atoms with Crippen LogP contribution in [0, 0.1) is 11.7 Å². The second-order valence-electron chi connectivity index (χ2n) is 5.75. The van der Waals surface area contributed by atoms with Crippen LogP contribution in [0.1, 0.15) is 12.8 Å². The van der Waals surface area contributed by atoms with Crippen molar-refractivity contribution < 1.29 is 18.7 Å². The topological polar surface area (TPSA) is 87.3 Å². The van der Waals surface area contributed by atoms with Crippen LogP contribution in [0.5, 0.6) is 0 Å². The Kier molecular flexibility index (Phi) is 4.75. The number of rotatable bonds is 6. The Morgan fingerprint density at radius 2 is 2.38 bits per heavy atom. The molecule has 3 rings (SSSR count). The summed E-state index contributed by atoms with van der Waals surface area (Å²) in [5.41, 5.74) is 0.519. The maximum Gasteiger partial charge on any atom is 0.229 e. The van der Waals surface area contributed by atoms with Crippen LogP contribution < -0.4 is 10.2 Å². The summed E-state index contributed by atoms with van der Waals surface area (Å²) < 4.78 is 19.0. The summed E-state index contributed by atoms with van der Waals surface area (Å²) in [4.78, 5) is 25.8. The van der Waals surface area contributed by atoms with E-state index in [9.17, 15) is 14.0 Å². The van der Waals surface area contributed by atoms with Crippen molar-refractivity contribution in [3.05, 3.63) is 24.0 Å². The third-order valence-electron chi connectivity index (χ3n) is 4.10. The van der Waals surface area contributed by atoms with Gasteiger partial charge in [0.1, 0.15) is 5.82 Å². The smallest absolute Gasteiger partial charge is 0.229 e. The highest BCUT2D eigenvalue weighted by molar-refractivity contribution is 6.05. The summed E-state index contributed by atoms with van der Waals surface area (Å²) in [6.07, 6.45) is 0.806. The van der Waals surface area contributed by atoms with Gasteiger partial charge in [-0.3, -0.25) is 19.6 Å². The number of H-pyrrole nitrogens is 1. The number of nitrogens with zero attached hydrogens (tertiary/aromatic N) is 2. The van der Waals surface area contributed by atoms with E-state index in [1.54, 1.807) is 19.2 Å². The minimum atomic E-state index is -0.460. The van der Waals surface area contributed by atoms with Gasteiger partial charge in [-0.05, 0) is 18.6 Å². The number of ether oxygens (including phenoxy) is 1. The van der Waals surface area contributed by atoms with Crippen LogP contribution in [0.3, 0.4) is 0 Å². The Morgan fingerprint density at radius 1 is 1.54 bits per heavy atom. The number of anilines is 1. The number of hydrogen-bond acceptors (Lipinski definition) is 4. The highest BCUT2D eigenvalue weighted by Crippen LogP contribution is 2.31. The number of carbonyl (C=O) groups is 2. The molecule has 1 atom stereocenters. The summed E-state index contributed by atoms with van der Waals surface area (Å²) in [5, 5.41) is 9.85. The van der Waals surface area contributed by atoms with Crippen LogP contribution >= 0.6 is 0 Å². The number of benzene rings is 1. The quantitative estimate of drug-likeness (QED) is 0.777. The fourth-order valence-electron chi connectivity index (χ4n) is 2.87. The molecule has 1 unspecified atom stereocenters. The Labute approximate surface area is 138 Å². The van der Waals surface area contributed by atoms with Crippen LogP contribution in [-0.4, -0.2) is 48.8 Å². The van der Waals surface area contributed by atoms with Gasteiger partial charge in [0.15, 0.2) is 5.82 Å². The van der Waals surface area contributed by atoms with Crippen molar-refractivity contribution >= 4 is 28.5 Å². The van der Waals surface area contributed by atoms with Gasteiger partial charge in [-0.1, -0.05) is 6.07 Å². The molecule has 24 heavy (non-hydrogen) atoms. The predicted molar refractivity (Wildman–Crippen MR) is 86.0 cm³/mol. The zero-order valence-corrected chi connectivity index (χ0v) is 13.3. The maximum absolute atomic E-state index is 14.1. The molecule has 2 aromatic rings. The van der Waals surface area contributed by atoms with E-state index in [1.807, 2.05) is 0 Å². The van der Waals surface area contributed by atoms with Crippen molar-refractivity contribution in [1.82, 2.24) is 15.5 Å². The molecule has 2 heterocycles. The van der Waals surface area contributed by atoms with Gasteiger partial charge in [0.05, 0.1) is 16.8 Å². The lowest BCUT2D eigenvalue weighted by Gasteiger charge is -2.14. The minimum absolute atomic E-state index is 0.0961. The number of amides is 2. The van der Waals surface area contributed by atoms with Gasteiger partial charge in [0.2, 0.25) is 11.8 Å². The third kappa shape index (κ3) is 3.09. The molecular formula is C16H19FN4O3. The second kappa shape index (κ2) is 6.96. The maximum atomic E-state index is 14.1. The molecule has 1 saturated heterocycles. The molecule has 0 saturated carbocycles. The summed E-state index contributed by atoms with van der Waals surface area (Å²) >= 11 is 0. The molecule has 2 N–H and O–H groups in total. The van der Waals surface area contributed by atoms with Gasteiger partial charge in [0, 0.05) is 33.2 Å². The molecule has 0 bridgehead atoms. The first kappa shape index (κ1) is 16.4. The molecular weight excluding hydrogens is 315 g/mol. The molecule has 1 aromatic carbocycles. The van der Waals surface area contributed by atoms with E-state index in [4.69, 9.17) is 4.74 Å². The number of carbonyl (C=O) groups excluding carboxylic acids is 2. The van der Waals surface area contributed by atoms with Crippen LogP contribution in [-0.2, 0) is 14.3 Å². The molecule has 8 heteroatoms. The molecule has 1 aliphatic rings. The molecule has 7 nitrogen and oxygen atoms in total. The van der Waals surface area contributed by atoms with E-state index in [1.165, 1.54) is 11.0 Å². The number of fused-ring (bicyclic) bond motifs is 1. The zero-order valence-electron chi connectivity index (χ0n) is 13.3. The fourth-order valence-corrected chi connectivity index (χ4v) is 2.87. The second-order valence-corrected chi connectivity index (χ2v) is 5.75. The molecule has 128 valence electrons. The number of methoxy groups -OCH3 is 1. The third-order valence-corrected chi connectivity index (χ3v) is 4.10. The monoisotopic (exact) mass is 334 g/mol. The zero-order chi connectivity index (χ0) is 17.1. The van der Waals surface area contributed by atoms with E-state index in [0.29, 0.717) is 25.1 Å². The molecule has 0 aliphatic carbocycles. The van der Waals surface area contributed by atoms with Gasteiger partial charge in [0.25, 0.3) is 0 Å². The van der Waals surface area contributed by atoms with Crippen molar-refractivity contribution in [1.29, 1.82) is 0 Å². The van der Waals surface area contributed by atoms with Crippen LogP contribution in [0.25, 0.3) is 10.9 Å². The van der Waals surface area contributed by atoms with Crippen molar-refractivity contribution in [2.45, 2.75) is 12.8 Å². The summed E-state index contributed by atoms with van der Waals surface area (Å²) in [7, 11) is 1.60. The summed E-state index contributed by atoms with van der Waals surface area (Å²) in [6, 6.07) is 4.58. The normalized spacial score (nSPS) is 17.7. The molecule has 0 spiro atoms. The fraction of sp³-hybridized carbons (Fsp3) is 0.438. The van der Waals surface area contributed by atoms with Crippen molar-refractivity contribution in [3.8, 4) is 0 Å². The van der Waals surface area contributed by atoms with Crippen molar-refractivity contribution in [2.75, 3.05) is 31.7 Å². The standard InChI is InChI=1S/C16H19FN4O3/c1-24-7-3-6-18-16(23)10-8-13(22)21(9-10)15-14-11(17)4-2-5-12(14)19-20-15/h2,4-5,10H,3,6-9H2,1H3,(H,18,23)(H,19,20). The molecule has 1 fully saturated rings. The molecule has 1 aromatic heterocycles. The summed E-state index contributed by atoms with van der Waals surface area (Å²) in [6.45, 7) is 1.26. The van der Waals surface area contributed by atoms with Crippen LogP contribution in [0.2, 0.25) is 0 Å². The number of halogens is 1. The van der Waals surface area contributed by atoms with E-state index in [0.717, 1.165) is 0 Å². The van der Waals surface area contributed by atoms with Crippen molar-refractivity contribution in [3.63, 3.8) is 0 Å². The first-order valence-corrected chi connectivity index (χ1v) is 7.81. The predicted octanol–water partition coefficient (Wildman–Crippen LogP) is 1.21. The minimum Gasteiger partial charge on any atom is -0.385 e. The first-order valence-electron chi connectivity index (χ1n) is 7.81. The first-order chi connectivity index (χ1) is 11.6. The van der Waals surface area contributed by atoms with E-state index < -0.39 is 11.7 Å². The lowest BCUT2D eigenvalue weighted by molar-refractivity contribution is -0.126. The Balaban J connectivity index is 1.71. The highest BCUT2D eigenvalue weighted by Gasteiger charge is 2.37. The van der Waals surface area contributed by atoms with Gasteiger partial charge in [-0.15, -0.1) is 0 Å². The lowest BCUT2D eigenvalue weighted by Crippen LogP contribution is -2.34. The SMILES string of the molecule is COCCCNC(=O)C1CC(=O)N(c2n[nH]c3cccc(F)c23)C1. The largest absolute Gasteiger partial charge is 0.385 e. The number of aromatic amines is 1. The van der Waals surface area contributed by atoms with Crippen LogP contribution in [0.15, 0.2) is 18.2 Å².